The van der Waals surface area contributed by atoms with Crippen molar-refractivity contribution in [3.05, 3.63) is 102 Å². The lowest BCUT2D eigenvalue weighted by molar-refractivity contribution is 0.916. The van der Waals surface area contributed by atoms with Crippen LogP contribution in [-0.4, -0.2) is 9.52 Å². The molecule has 1 heteroatoms. The zero-order chi connectivity index (χ0) is 14.3. The lowest BCUT2D eigenvalue weighted by atomic mass is 9.93. The van der Waals surface area contributed by atoms with Gasteiger partial charge in [0.25, 0.3) is 0 Å². The second-order valence-corrected chi connectivity index (χ2v) is 6.46. The lowest BCUT2D eigenvalue weighted by Crippen LogP contribution is -2.16. The SMILES string of the molecule is c1ccc([Si]CC(c2ccccc2)c2ccccc2)cc1. The second-order valence-electron chi connectivity index (χ2n) is 5.12. The minimum atomic E-state index is 0.478. The van der Waals surface area contributed by atoms with E-state index in [4.69, 9.17) is 0 Å². The summed E-state index contributed by atoms with van der Waals surface area (Å²) in [5.41, 5.74) is 2.82. The van der Waals surface area contributed by atoms with Gasteiger partial charge in [0, 0.05) is 5.92 Å². The minimum Gasteiger partial charge on any atom is -0.0642 e. The molecule has 3 aromatic rings. The number of benzene rings is 3. The molecule has 2 radical (unpaired) electrons. The van der Waals surface area contributed by atoms with Crippen molar-refractivity contribution in [2.24, 2.45) is 0 Å². The summed E-state index contributed by atoms with van der Waals surface area (Å²) in [6.45, 7) is 0. The first kappa shape index (κ1) is 13.8. The summed E-state index contributed by atoms with van der Waals surface area (Å²) in [7, 11) is 0.836. The van der Waals surface area contributed by atoms with Crippen LogP contribution in [0.3, 0.4) is 0 Å². The van der Waals surface area contributed by atoms with Crippen molar-refractivity contribution < 1.29 is 0 Å². The van der Waals surface area contributed by atoms with Gasteiger partial charge in [0.05, 0.1) is 9.52 Å². The van der Waals surface area contributed by atoms with Crippen molar-refractivity contribution in [3.63, 3.8) is 0 Å². The van der Waals surface area contributed by atoms with Crippen molar-refractivity contribution in [1.82, 2.24) is 0 Å². The molecule has 3 aromatic carbocycles. The Bertz CT molecular complexity index is 608. The van der Waals surface area contributed by atoms with Gasteiger partial charge < -0.3 is 0 Å². The number of hydrogen-bond donors (Lipinski definition) is 0. The maximum absolute atomic E-state index is 2.24. The quantitative estimate of drug-likeness (QED) is 0.615. The molecule has 21 heavy (non-hydrogen) atoms. The topological polar surface area (TPSA) is 0 Å². The molecule has 0 nitrogen and oxygen atoms in total. The summed E-state index contributed by atoms with van der Waals surface area (Å²) in [5.74, 6) is 0.478. The smallest absolute Gasteiger partial charge is 0.0642 e. The van der Waals surface area contributed by atoms with Crippen LogP contribution in [0.2, 0.25) is 6.04 Å². The molecule has 0 aliphatic heterocycles. The fourth-order valence-corrected chi connectivity index (χ4v) is 3.91. The van der Waals surface area contributed by atoms with Gasteiger partial charge >= 0.3 is 0 Å². The van der Waals surface area contributed by atoms with E-state index in [-0.39, 0.29) is 0 Å². The van der Waals surface area contributed by atoms with Crippen molar-refractivity contribution in [1.29, 1.82) is 0 Å². The Balaban J connectivity index is 1.83. The van der Waals surface area contributed by atoms with E-state index >= 15 is 0 Å². The van der Waals surface area contributed by atoms with E-state index in [2.05, 4.69) is 91.0 Å². The molecule has 0 spiro atoms. The third kappa shape index (κ3) is 3.70. The van der Waals surface area contributed by atoms with Crippen LogP contribution in [0, 0.1) is 0 Å². The summed E-state index contributed by atoms with van der Waals surface area (Å²) < 4.78 is 0. The minimum absolute atomic E-state index is 0.478. The van der Waals surface area contributed by atoms with Crippen LogP contribution in [0.5, 0.6) is 0 Å². The lowest BCUT2D eigenvalue weighted by Gasteiger charge is -2.17. The Hall–Kier alpha value is -2.12. The Morgan fingerprint density at radius 1 is 0.571 bits per heavy atom. The van der Waals surface area contributed by atoms with Crippen LogP contribution in [0.15, 0.2) is 91.0 Å². The predicted molar refractivity (Wildman–Crippen MR) is 91.4 cm³/mol. The Kier molecular flexibility index (Phi) is 4.65. The number of rotatable bonds is 5. The molecule has 0 fully saturated rings. The number of hydrogen-bond acceptors (Lipinski definition) is 0. The van der Waals surface area contributed by atoms with Crippen LogP contribution in [0.1, 0.15) is 17.0 Å². The standard InChI is InChI=1S/C20H18Si/c1-4-10-17(11-5-1)20(18-12-6-2-7-13-18)16-21-19-14-8-3-9-15-19/h1-15,20H,16H2. The largest absolute Gasteiger partial charge is 0.0817 e. The molecule has 0 bridgehead atoms. The van der Waals surface area contributed by atoms with Gasteiger partial charge in [0.1, 0.15) is 0 Å². The molecule has 0 aromatic heterocycles. The van der Waals surface area contributed by atoms with Crippen LogP contribution < -0.4 is 5.19 Å². The van der Waals surface area contributed by atoms with Gasteiger partial charge in [-0.2, -0.15) is 0 Å². The van der Waals surface area contributed by atoms with E-state index in [9.17, 15) is 0 Å². The van der Waals surface area contributed by atoms with E-state index in [1.54, 1.807) is 0 Å². The van der Waals surface area contributed by atoms with Crippen LogP contribution in [0.25, 0.3) is 0 Å². The highest BCUT2D eigenvalue weighted by atomic mass is 28.2. The van der Waals surface area contributed by atoms with Crippen molar-refractivity contribution in [3.8, 4) is 0 Å². The zero-order valence-electron chi connectivity index (χ0n) is 11.9. The highest BCUT2D eigenvalue weighted by Crippen LogP contribution is 2.27. The van der Waals surface area contributed by atoms with Crippen molar-refractivity contribution in [2.45, 2.75) is 12.0 Å². The highest BCUT2D eigenvalue weighted by Gasteiger charge is 2.14. The van der Waals surface area contributed by atoms with Crippen molar-refractivity contribution in [2.75, 3.05) is 0 Å². The summed E-state index contributed by atoms with van der Waals surface area (Å²) >= 11 is 0. The molecule has 0 amide bonds. The Labute approximate surface area is 129 Å². The van der Waals surface area contributed by atoms with Gasteiger partial charge in [-0.05, 0) is 17.2 Å². The highest BCUT2D eigenvalue weighted by molar-refractivity contribution is 6.53. The molecule has 0 atom stereocenters. The first-order valence-electron chi connectivity index (χ1n) is 7.32. The maximum atomic E-state index is 2.24. The van der Waals surface area contributed by atoms with Gasteiger partial charge in [-0.15, -0.1) is 0 Å². The Morgan fingerprint density at radius 3 is 1.48 bits per heavy atom. The van der Waals surface area contributed by atoms with E-state index < -0.39 is 0 Å². The fourth-order valence-electron chi connectivity index (χ4n) is 2.57. The van der Waals surface area contributed by atoms with Gasteiger partial charge in [-0.25, -0.2) is 0 Å². The average Bonchev–Trinajstić information content (AvgIpc) is 2.58. The van der Waals surface area contributed by atoms with Crippen molar-refractivity contribution >= 4 is 14.7 Å². The molecule has 0 N–H and O–H groups in total. The third-order valence-corrected chi connectivity index (χ3v) is 5.04. The summed E-state index contributed by atoms with van der Waals surface area (Å²) in [4.78, 5) is 0. The van der Waals surface area contributed by atoms with Crippen LogP contribution in [-0.2, 0) is 0 Å². The van der Waals surface area contributed by atoms with Gasteiger partial charge in [-0.1, -0.05) is 96.2 Å². The Morgan fingerprint density at radius 2 is 1.00 bits per heavy atom. The van der Waals surface area contributed by atoms with Gasteiger partial charge in [0.15, 0.2) is 0 Å². The van der Waals surface area contributed by atoms with E-state index in [1.165, 1.54) is 16.3 Å². The second kappa shape index (κ2) is 7.05. The van der Waals surface area contributed by atoms with Gasteiger partial charge in [0.2, 0.25) is 0 Å². The molecule has 0 aliphatic rings. The normalized spacial score (nSPS) is 10.7. The van der Waals surface area contributed by atoms with Gasteiger partial charge in [-0.3, -0.25) is 0 Å². The summed E-state index contributed by atoms with van der Waals surface area (Å²) in [6, 6.07) is 33.7. The van der Waals surface area contributed by atoms with E-state index in [0.29, 0.717) is 5.92 Å². The molecule has 0 saturated carbocycles. The molecule has 3 rings (SSSR count). The predicted octanol–water partition coefficient (Wildman–Crippen LogP) is 4.27. The molecule has 0 unspecified atom stereocenters. The molecule has 0 heterocycles. The molecule has 0 aliphatic carbocycles. The monoisotopic (exact) mass is 286 g/mol. The zero-order valence-corrected chi connectivity index (χ0v) is 12.9. The first-order chi connectivity index (χ1) is 10.4. The maximum Gasteiger partial charge on any atom is 0.0817 e. The summed E-state index contributed by atoms with van der Waals surface area (Å²) in [5, 5.41) is 1.44. The molecular formula is C20H18Si. The molecule has 102 valence electrons. The van der Waals surface area contributed by atoms with Crippen LogP contribution in [0.4, 0.5) is 0 Å². The van der Waals surface area contributed by atoms with Crippen LogP contribution >= 0.6 is 0 Å². The molecule has 0 saturated heterocycles. The van der Waals surface area contributed by atoms with E-state index in [0.717, 1.165) is 15.6 Å². The average molecular weight is 286 g/mol. The fraction of sp³-hybridized carbons (Fsp3) is 0.100. The first-order valence-corrected chi connectivity index (χ1v) is 8.53. The molecular weight excluding hydrogens is 268 g/mol. The summed E-state index contributed by atoms with van der Waals surface area (Å²) in [6.07, 6.45) is 0. The van der Waals surface area contributed by atoms with E-state index in [1.807, 2.05) is 0 Å². The third-order valence-electron chi connectivity index (χ3n) is 3.69.